The minimum atomic E-state index is -0.156. The van der Waals surface area contributed by atoms with E-state index in [-0.39, 0.29) is 18.4 Å². The molecule has 6 heteroatoms. The van der Waals surface area contributed by atoms with Crippen LogP contribution in [-0.2, 0) is 4.79 Å². The Labute approximate surface area is 157 Å². The second-order valence-electron chi connectivity index (χ2n) is 6.72. The fourth-order valence-electron chi connectivity index (χ4n) is 3.49. The van der Waals surface area contributed by atoms with Gasteiger partial charge in [0, 0.05) is 24.0 Å². The highest BCUT2D eigenvalue weighted by Crippen LogP contribution is 2.29. The van der Waals surface area contributed by atoms with E-state index in [1.165, 1.54) is 0 Å². The molecule has 1 saturated heterocycles. The lowest BCUT2D eigenvalue weighted by molar-refractivity contribution is -0.120. The van der Waals surface area contributed by atoms with E-state index < -0.39 is 0 Å². The molecule has 6 nitrogen and oxygen atoms in total. The van der Waals surface area contributed by atoms with Crippen LogP contribution in [0.1, 0.15) is 16.1 Å². The summed E-state index contributed by atoms with van der Waals surface area (Å²) >= 11 is 0. The zero-order valence-electron chi connectivity index (χ0n) is 15.4. The molecule has 138 valence electrons. The standard InChI is InChI=1S/C21H21N3O3/c1-14-7-8-16-15(11-14)12-17(22-16)21(26)23-9-10-24(20(25)13-23)18-5-3-4-6-19(18)27-2/h3-8,11-12,22H,9-10,13H2,1-2H3. The molecule has 4 rings (SSSR count). The van der Waals surface area contributed by atoms with E-state index in [0.717, 1.165) is 22.2 Å². The number of fused-ring (bicyclic) bond motifs is 1. The molecular formula is C21H21N3O3. The number of piperazine rings is 1. The van der Waals surface area contributed by atoms with Gasteiger partial charge in [-0.05, 0) is 37.3 Å². The van der Waals surface area contributed by atoms with Gasteiger partial charge in [-0.3, -0.25) is 9.59 Å². The van der Waals surface area contributed by atoms with Crippen LogP contribution >= 0.6 is 0 Å². The number of aromatic nitrogens is 1. The van der Waals surface area contributed by atoms with Gasteiger partial charge >= 0.3 is 0 Å². The van der Waals surface area contributed by atoms with Crippen LogP contribution in [0.25, 0.3) is 10.9 Å². The van der Waals surface area contributed by atoms with E-state index in [4.69, 9.17) is 4.74 Å². The van der Waals surface area contributed by atoms with Crippen LogP contribution in [0.15, 0.2) is 48.5 Å². The van der Waals surface area contributed by atoms with Gasteiger partial charge in [-0.15, -0.1) is 0 Å². The number of H-pyrrole nitrogens is 1. The van der Waals surface area contributed by atoms with Crippen molar-refractivity contribution in [1.29, 1.82) is 0 Å². The van der Waals surface area contributed by atoms with E-state index >= 15 is 0 Å². The molecule has 3 aromatic rings. The van der Waals surface area contributed by atoms with Crippen molar-refractivity contribution in [2.45, 2.75) is 6.92 Å². The summed E-state index contributed by atoms with van der Waals surface area (Å²) < 4.78 is 5.35. The van der Waals surface area contributed by atoms with Gasteiger partial charge in [-0.25, -0.2) is 0 Å². The van der Waals surface area contributed by atoms with Gasteiger partial charge in [0.25, 0.3) is 5.91 Å². The average molecular weight is 363 g/mol. The molecule has 1 aromatic heterocycles. The zero-order valence-corrected chi connectivity index (χ0v) is 15.4. The first-order chi connectivity index (χ1) is 13.1. The van der Waals surface area contributed by atoms with E-state index in [2.05, 4.69) is 4.98 Å². The van der Waals surface area contributed by atoms with Gasteiger partial charge in [-0.2, -0.15) is 0 Å². The zero-order chi connectivity index (χ0) is 19.0. The molecular weight excluding hydrogens is 342 g/mol. The maximum Gasteiger partial charge on any atom is 0.270 e. The number of nitrogens with one attached hydrogen (secondary N) is 1. The Morgan fingerprint density at radius 2 is 1.93 bits per heavy atom. The number of carbonyl (C=O) groups excluding carboxylic acids is 2. The molecule has 1 N–H and O–H groups in total. The number of aromatic amines is 1. The maximum atomic E-state index is 12.9. The lowest BCUT2D eigenvalue weighted by atomic mass is 10.2. The predicted octanol–water partition coefficient (Wildman–Crippen LogP) is 2.97. The number of benzene rings is 2. The molecule has 0 bridgehead atoms. The van der Waals surface area contributed by atoms with E-state index in [1.54, 1.807) is 16.9 Å². The van der Waals surface area contributed by atoms with Gasteiger partial charge in [0.2, 0.25) is 5.91 Å². The van der Waals surface area contributed by atoms with Crippen molar-refractivity contribution in [2.75, 3.05) is 31.6 Å². The number of hydrogen-bond donors (Lipinski definition) is 1. The number of methoxy groups -OCH3 is 1. The number of anilines is 1. The van der Waals surface area contributed by atoms with Crippen molar-refractivity contribution in [1.82, 2.24) is 9.88 Å². The minimum Gasteiger partial charge on any atom is -0.495 e. The highest BCUT2D eigenvalue weighted by Gasteiger charge is 2.30. The summed E-state index contributed by atoms with van der Waals surface area (Å²) in [5.74, 6) is 0.375. The Bertz CT molecular complexity index is 1020. The van der Waals surface area contributed by atoms with Crippen molar-refractivity contribution in [3.05, 3.63) is 59.8 Å². The van der Waals surface area contributed by atoms with E-state index in [1.807, 2.05) is 55.5 Å². The number of nitrogens with zero attached hydrogens (tertiary/aromatic N) is 2. The van der Waals surface area contributed by atoms with Crippen molar-refractivity contribution in [3.63, 3.8) is 0 Å². The fourth-order valence-corrected chi connectivity index (χ4v) is 3.49. The number of carbonyl (C=O) groups is 2. The van der Waals surface area contributed by atoms with Crippen LogP contribution in [-0.4, -0.2) is 48.4 Å². The number of rotatable bonds is 3. The van der Waals surface area contributed by atoms with Crippen LogP contribution in [0, 0.1) is 6.92 Å². The van der Waals surface area contributed by atoms with Crippen molar-refractivity contribution < 1.29 is 14.3 Å². The second kappa shape index (κ2) is 6.79. The normalized spacial score (nSPS) is 14.7. The molecule has 1 aliphatic heterocycles. The largest absolute Gasteiger partial charge is 0.495 e. The quantitative estimate of drug-likeness (QED) is 0.778. The smallest absolute Gasteiger partial charge is 0.270 e. The molecule has 1 fully saturated rings. The van der Waals surface area contributed by atoms with Crippen LogP contribution < -0.4 is 9.64 Å². The Balaban J connectivity index is 1.53. The van der Waals surface area contributed by atoms with Crippen LogP contribution in [0.5, 0.6) is 5.75 Å². The number of aryl methyl sites for hydroxylation is 1. The maximum absolute atomic E-state index is 12.9. The molecule has 0 unspecified atom stereocenters. The Kier molecular flexibility index (Phi) is 4.32. The van der Waals surface area contributed by atoms with Crippen LogP contribution in [0.4, 0.5) is 5.69 Å². The third kappa shape index (κ3) is 3.14. The molecule has 0 spiro atoms. The molecule has 2 heterocycles. The van der Waals surface area contributed by atoms with Gasteiger partial charge in [0.05, 0.1) is 12.8 Å². The van der Waals surface area contributed by atoms with E-state index in [9.17, 15) is 9.59 Å². The third-order valence-corrected chi connectivity index (χ3v) is 4.89. The molecule has 2 aromatic carbocycles. The first-order valence-electron chi connectivity index (χ1n) is 8.89. The molecule has 0 atom stereocenters. The molecule has 2 amide bonds. The second-order valence-corrected chi connectivity index (χ2v) is 6.72. The van der Waals surface area contributed by atoms with Crippen LogP contribution in [0.2, 0.25) is 0 Å². The van der Waals surface area contributed by atoms with Crippen LogP contribution in [0.3, 0.4) is 0 Å². The molecule has 27 heavy (non-hydrogen) atoms. The van der Waals surface area contributed by atoms with E-state index in [0.29, 0.717) is 24.5 Å². The number of ether oxygens (including phenoxy) is 1. The molecule has 0 radical (unpaired) electrons. The molecule has 0 saturated carbocycles. The average Bonchev–Trinajstić information content (AvgIpc) is 3.10. The summed E-state index contributed by atoms with van der Waals surface area (Å²) in [5.41, 5.74) is 3.30. The fraction of sp³-hybridized carbons (Fsp3) is 0.238. The molecule has 0 aliphatic carbocycles. The lowest BCUT2D eigenvalue weighted by Gasteiger charge is -2.34. The SMILES string of the molecule is COc1ccccc1N1CCN(C(=O)c2cc3cc(C)ccc3[nH]2)CC1=O. The number of para-hydroxylation sites is 2. The first kappa shape index (κ1) is 17.1. The third-order valence-electron chi connectivity index (χ3n) is 4.89. The van der Waals surface area contributed by atoms with Gasteiger partial charge < -0.3 is 19.5 Å². The Morgan fingerprint density at radius 1 is 1.11 bits per heavy atom. The first-order valence-corrected chi connectivity index (χ1v) is 8.89. The lowest BCUT2D eigenvalue weighted by Crippen LogP contribution is -2.52. The number of amides is 2. The Hall–Kier alpha value is -3.28. The summed E-state index contributed by atoms with van der Waals surface area (Å²) in [6.45, 7) is 2.97. The van der Waals surface area contributed by atoms with Crippen molar-refractivity contribution in [2.24, 2.45) is 0 Å². The summed E-state index contributed by atoms with van der Waals surface area (Å²) in [6.07, 6.45) is 0. The summed E-state index contributed by atoms with van der Waals surface area (Å²) in [4.78, 5) is 32.0. The van der Waals surface area contributed by atoms with Gasteiger partial charge in [-0.1, -0.05) is 23.8 Å². The monoisotopic (exact) mass is 363 g/mol. The van der Waals surface area contributed by atoms with Gasteiger partial charge in [0.1, 0.15) is 18.0 Å². The topological polar surface area (TPSA) is 65.6 Å². The number of hydrogen-bond acceptors (Lipinski definition) is 3. The summed E-state index contributed by atoms with van der Waals surface area (Å²) in [5, 5.41) is 0.998. The van der Waals surface area contributed by atoms with Crippen molar-refractivity contribution in [3.8, 4) is 5.75 Å². The highest BCUT2D eigenvalue weighted by atomic mass is 16.5. The summed E-state index contributed by atoms with van der Waals surface area (Å²) in [6, 6.07) is 15.3. The predicted molar refractivity (Wildman–Crippen MR) is 104 cm³/mol. The molecule has 1 aliphatic rings. The highest BCUT2D eigenvalue weighted by molar-refractivity contribution is 6.03. The summed E-state index contributed by atoms with van der Waals surface area (Å²) in [7, 11) is 1.58. The van der Waals surface area contributed by atoms with Gasteiger partial charge in [0.15, 0.2) is 0 Å². The minimum absolute atomic E-state index is 0.0469. The van der Waals surface area contributed by atoms with Crippen molar-refractivity contribution >= 4 is 28.4 Å². The Morgan fingerprint density at radius 3 is 2.70 bits per heavy atom.